The minimum absolute atomic E-state index is 0.826. The second kappa shape index (κ2) is 7.15. The van der Waals surface area contributed by atoms with E-state index in [2.05, 4.69) is 18.3 Å². The lowest BCUT2D eigenvalue weighted by Gasteiger charge is -2.09. The highest BCUT2D eigenvalue weighted by atomic mass is 14.9. The summed E-state index contributed by atoms with van der Waals surface area (Å²) in [6.45, 7) is 2.12. The molecule has 0 bridgehead atoms. The van der Waals surface area contributed by atoms with Crippen LogP contribution in [0, 0.1) is 0 Å². The van der Waals surface area contributed by atoms with Crippen molar-refractivity contribution in [3.05, 3.63) is 23.8 Å². The quantitative estimate of drug-likeness (QED) is 0.743. The van der Waals surface area contributed by atoms with Crippen molar-refractivity contribution in [3.63, 3.8) is 0 Å². The number of nitrogens with one attached hydrogen (secondary N) is 1. The number of hydrogen-bond acceptors (Lipinski definition) is 2. The molecule has 1 saturated carbocycles. The zero-order chi connectivity index (χ0) is 11.8. The molecule has 16 heavy (non-hydrogen) atoms. The highest BCUT2D eigenvalue weighted by Gasteiger charge is 2.00. The fraction of sp³-hybridized carbons (Fsp3) is 0.571. The molecule has 1 aliphatic carbocycles. The van der Waals surface area contributed by atoms with E-state index in [-0.39, 0.29) is 0 Å². The Kier molecular flexibility index (Phi) is 5.76. The predicted octanol–water partition coefficient (Wildman–Crippen LogP) is 3.82. The molecule has 3 N–H and O–H groups in total. The Morgan fingerprint density at radius 1 is 1.12 bits per heavy atom. The van der Waals surface area contributed by atoms with Crippen LogP contribution in [0.1, 0.15) is 44.6 Å². The fourth-order valence-corrected chi connectivity index (χ4v) is 2.10. The van der Waals surface area contributed by atoms with Crippen molar-refractivity contribution < 1.29 is 0 Å². The van der Waals surface area contributed by atoms with Gasteiger partial charge in [-0.2, -0.15) is 0 Å². The summed E-state index contributed by atoms with van der Waals surface area (Å²) in [5.41, 5.74) is 8.91. The lowest BCUT2D eigenvalue weighted by Crippen LogP contribution is -1.99. The van der Waals surface area contributed by atoms with Crippen LogP contribution in [0.15, 0.2) is 18.2 Å². The molecule has 1 aliphatic rings. The Morgan fingerprint density at radius 2 is 1.69 bits per heavy atom. The Balaban J connectivity index is 0.000000212. The van der Waals surface area contributed by atoms with E-state index in [0.29, 0.717) is 0 Å². The minimum atomic E-state index is 0.826. The van der Waals surface area contributed by atoms with Gasteiger partial charge in [0.1, 0.15) is 0 Å². The maximum Gasteiger partial charge on any atom is 0.0603 e. The minimum Gasteiger partial charge on any atom is -0.397 e. The molecule has 90 valence electrons. The van der Waals surface area contributed by atoms with E-state index in [1.54, 1.807) is 0 Å². The zero-order valence-corrected chi connectivity index (χ0v) is 10.6. The van der Waals surface area contributed by atoms with E-state index in [4.69, 9.17) is 5.73 Å². The van der Waals surface area contributed by atoms with Gasteiger partial charge in [0.15, 0.2) is 0 Å². The van der Waals surface area contributed by atoms with Crippen LogP contribution in [0.3, 0.4) is 0 Å². The topological polar surface area (TPSA) is 38.0 Å². The van der Waals surface area contributed by atoms with Crippen molar-refractivity contribution in [3.8, 4) is 0 Å². The van der Waals surface area contributed by atoms with Crippen molar-refractivity contribution in [1.29, 1.82) is 0 Å². The Hall–Kier alpha value is -1.18. The summed E-state index contributed by atoms with van der Waals surface area (Å²) >= 11 is 0. The summed E-state index contributed by atoms with van der Waals surface area (Å²) in [4.78, 5) is 0. The molecule has 1 aromatic rings. The first-order valence-corrected chi connectivity index (χ1v) is 6.34. The van der Waals surface area contributed by atoms with E-state index in [1.165, 1.54) is 37.7 Å². The average Bonchev–Trinajstić information content (AvgIpc) is 2.87. The number of rotatable bonds is 2. The van der Waals surface area contributed by atoms with E-state index < -0.39 is 0 Å². The molecule has 0 radical (unpaired) electrons. The van der Waals surface area contributed by atoms with Gasteiger partial charge in [0.25, 0.3) is 0 Å². The van der Waals surface area contributed by atoms with Crippen LogP contribution in [0.25, 0.3) is 0 Å². The molecule has 2 nitrogen and oxygen atoms in total. The summed E-state index contributed by atoms with van der Waals surface area (Å²) in [5, 5.41) is 3.09. The van der Waals surface area contributed by atoms with Gasteiger partial charge in [0.05, 0.1) is 11.4 Å². The molecule has 1 aromatic carbocycles. The third-order valence-corrected chi connectivity index (χ3v) is 3.06. The lowest BCUT2D eigenvalue weighted by molar-refractivity contribution is 0.886. The Bertz CT molecular complexity index is 296. The summed E-state index contributed by atoms with van der Waals surface area (Å²) in [7, 11) is 1.89. The molecular formula is C14H24N2. The summed E-state index contributed by atoms with van der Waals surface area (Å²) in [6.07, 6.45) is 8.52. The van der Waals surface area contributed by atoms with Crippen molar-refractivity contribution >= 4 is 11.4 Å². The smallest absolute Gasteiger partial charge is 0.0603 e. The summed E-state index contributed by atoms with van der Waals surface area (Å²) in [6, 6.07) is 5.97. The molecule has 0 atom stereocenters. The number of anilines is 2. The van der Waals surface area contributed by atoms with Crippen LogP contribution in [-0.4, -0.2) is 7.05 Å². The molecule has 0 amide bonds. The number of hydrogen-bond donors (Lipinski definition) is 2. The molecule has 0 aromatic heterocycles. The van der Waals surface area contributed by atoms with Crippen molar-refractivity contribution in [2.45, 2.75) is 45.4 Å². The van der Waals surface area contributed by atoms with Crippen molar-refractivity contribution in [1.82, 2.24) is 0 Å². The van der Waals surface area contributed by atoms with Crippen molar-refractivity contribution in [2.24, 2.45) is 0 Å². The lowest BCUT2D eigenvalue weighted by atomic mass is 10.1. The molecule has 2 rings (SSSR count). The Labute approximate surface area is 99.2 Å². The molecule has 0 spiro atoms. The van der Waals surface area contributed by atoms with Gasteiger partial charge in [-0.25, -0.2) is 0 Å². The molecular weight excluding hydrogens is 196 g/mol. The highest BCUT2D eigenvalue weighted by Crippen LogP contribution is 2.22. The molecule has 0 saturated heterocycles. The highest BCUT2D eigenvalue weighted by molar-refractivity contribution is 5.69. The molecule has 0 aliphatic heterocycles. The van der Waals surface area contributed by atoms with Gasteiger partial charge >= 0.3 is 0 Å². The van der Waals surface area contributed by atoms with Crippen LogP contribution in [0.2, 0.25) is 0 Å². The molecule has 0 unspecified atom stereocenters. The monoisotopic (exact) mass is 220 g/mol. The van der Waals surface area contributed by atoms with Crippen LogP contribution in [0.5, 0.6) is 0 Å². The van der Waals surface area contributed by atoms with E-state index >= 15 is 0 Å². The molecule has 0 heterocycles. The van der Waals surface area contributed by atoms with Gasteiger partial charge in [-0.15, -0.1) is 0 Å². The van der Waals surface area contributed by atoms with Gasteiger partial charge in [0, 0.05) is 7.05 Å². The first-order chi connectivity index (χ1) is 7.79. The number of nitrogens with two attached hydrogens (primary N) is 1. The average molecular weight is 220 g/mol. The standard InChI is InChI=1S/C9H14N2.C5H10/c1-3-7-5-4-6-8(10)9(7)11-2;1-2-4-5-3-1/h4-6,11H,3,10H2,1-2H3;1-5H2. The summed E-state index contributed by atoms with van der Waals surface area (Å²) < 4.78 is 0. The number of nitrogen functional groups attached to an aromatic ring is 1. The van der Waals surface area contributed by atoms with E-state index in [9.17, 15) is 0 Å². The van der Waals surface area contributed by atoms with Gasteiger partial charge < -0.3 is 11.1 Å². The zero-order valence-electron chi connectivity index (χ0n) is 10.6. The van der Waals surface area contributed by atoms with Gasteiger partial charge in [-0.3, -0.25) is 0 Å². The van der Waals surface area contributed by atoms with Crippen LogP contribution in [0.4, 0.5) is 11.4 Å². The number of para-hydroxylation sites is 1. The normalized spacial score (nSPS) is 14.1. The number of benzene rings is 1. The predicted molar refractivity (Wildman–Crippen MR) is 72.9 cm³/mol. The maximum atomic E-state index is 5.74. The van der Waals surface area contributed by atoms with Gasteiger partial charge in [-0.1, -0.05) is 51.2 Å². The largest absolute Gasteiger partial charge is 0.397 e. The molecule has 1 fully saturated rings. The van der Waals surface area contributed by atoms with E-state index in [1.807, 2.05) is 19.2 Å². The third-order valence-electron chi connectivity index (χ3n) is 3.06. The van der Waals surface area contributed by atoms with Gasteiger partial charge in [-0.05, 0) is 18.1 Å². The molecule has 2 heteroatoms. The maximum absolute atomic E-state index is 5.74. The first-order valence-electron chi connectivity index (χ1n) is 6.34. The summed E-state index contributed by atoms with van der Waals surface area (Å²) in [5.74, 6) is 0. The van der Waals surface area contributed by atoms with Crippen LogP contribution in [-0.2, 0) is 6.42 Å². The second-order valence-corrected chi connectivity index (χ2v) is 4.25. The third kappa shape index (κ3) is 3.76. The van der Waals surface area contributed by atoms with E-state index in [0.717, 1.165) is 17.8 Å². The second-order valence-electron chi connectivity index (χ2n) is 4.25. The van der Waals surface area contributed by atoms with Crippen LogP contribution >= 0.6 is 0 Å². The number of aryl methyl sites for hydroxylation is 1. The fourth-order valence-electron chi connectivity index (χ4n) is 2.10. The van der Waals surface area contributed by atoms with Gasteiger partial charge in [0.2, 0.25) is 0 Å². The Morgan fingerprint density at radius 3 is 2.06 bits per heavy atom. The first kappa shape index (κ1) is 12.9. The SMILES string of the molecule is C1CCCC1.CCc1cccc(N)c1NC. The van der Waals surface area contributed by atoms with Crippen molar-refractivity contribution in [2.75, 3.05) is 18.1 Å². The van der Waals surface area contributed by atoms with Crippen LogP contribution < -0.4 is 11.1 Å².